The second kappa shape index (κ2) is 22.8. The molecule has 0 bridgehead atoms. The van der Waals surface area contributed by atoms with E-state index >= 15 is 0 Å². The zero-order valence-electron chi connectivity index (χ0n) is 16.2. The average molecular weight is 381 g/mol. The Labute approximate surface area is 158 Å². The Morgan fingerprint density at radius 2 is 1.04 bits per heavy atom. The molecule has 0 saturated carbocycles. The van der Waals surface area contributed by atoms with Crippen molar-refractivity contribution in [1.82, 2.24) is 20.1 Å². The van der Waals surface area contributed by atoms with Crippen LogP contribution >= 0.6 is 12.2 Å². The molecule has 0 aromatic rings. The van der Waals surface area contributed by atoms with E-state index in [2.05, 4.69) is 47.8 Å². The molecule has 0 radical (unpaired) electrons. The van der Waals surface area contributed by atoms with Gasteiger partial charge in [-0.15, -0.1) is 0 Å². The SMILES string of the molecule is CCCCNC(=S)NCCCC.CCCCNS(=O)NCCCC. The Morgan fingerprint density at radius 3 is 1.38 bits per heavy atom. The first-order valence-corrected chi connectivity index (χ1v) is 11.1. The van der Waals surface area contributed by atoms with Crippen LogP contribution in [0.25, 0.3) is 0 Å². The van der Waals surface area contributed by atoms with Crippen LogP contribution in [0.3, 0.4) is 0 Å². The van der Waals surface area contributed by atoms with E-state index in [1.807, 2.05) is 0 Å². The Kier molecular flexibility index (Phi) is 24.7. The maximum Gasteiger partial charge on any atom is 0.167 e. The molecule has 4 N–H and O–H groups in total. The first kappa shape index (κ1) is 26.0. The van der Waals surface area contributed by atoms with Crippen LogP contribution in [0.2, 0.25) is 0 Å². The topological polar surface area (TPSA) is 65.2 Å². The van der Waals surface area contributed by atoms with Crippen LogP contribution in [-0.2, 0) is 11.2 Å². The minimum Gasteiger partial charge on any atom is -0.363 e. The number of thiocarbonyl (C=S) groups is 1. The molecule has 0 unspecified atom stereocenters. The largest absolute Gasteiger partial charge is 0.363 e. The average Bonchev–Trinajstić information content (AvgIpc) is 2.56. The molecule has 0 aliphatic carbocycles. The van der Waals surface area contributed by atoms with E-state index in [1.165, 1.54) is 25.7 Å². The second-order valence-electron chi connectivity index (χ2n) is 5.65. The quantitative estimate of drug-likeness (QED) is 0.275. The number of nitrogens with one attached hydrogen (secondary N) is 4. The third-order valence-corrected chi connectivity index (χ3v) is 4.38. The van der Waals surface area contributed by atoms with E-state index in [-0.39, 0.29) is 0 Å². The number of hydrogen-bond acceptors (Lipinski definition) is 2. The van der Waals surface area contributed by atoms with E-state index in [1.54, 1.807) is 0 Å². The molecule has 146 valence electrons. The molecular weight excluding hydrogens is 340 g/mol. The Balaban J connectivity index is 0. The van der Waals surface area contributed by atoms with Crippen LogP contribution in [0.15, 0.2) is 0 Å². The standard InChI is InChI=1S/C9H20N2S.C8H20N2OS/c1-3-5-7-10-9(12)11-8-6-4-2;1-3-5-7-9-12(11)10-8-6-4-2/h3-8H2,1-2H3,(H2,10,11,12);9-10H,3-8H2,1-2H3. The van der Waals surface area contributed by atoms with E-state index in [4.69, 9.17) is 12.2 Å². The molecule has 0 rings (SSSR count). The third kappa shape index (κ3) is 24.0. The second-order valence-corrected chi connectivity index (χ2v) is 7.18. The molecule has 0 aromatic carbocycles. The maximum atomic E-state index is 11.1. The van der Waals surface area contributed by atoms with Crippen LogP contribution in [0.1, 0.15) is 79.1 Å². The highest BCUT2D eigenvalue weighted by Gasteiger charge is 1.95. The van der Waals surface area contributed by atoms with Crippen LogP contribution in [0.4, 0.5) is 0 Å². The van der Waals surface area contributed by atoms with Gasteiger partial charge in [0.15, 0.2) is 16.3 Å². The fourth-order valence-corrected chi connectivity index (χ4v) is 2.52. The summed E-state index contributed by atoms with van der Waals surface area (Å²) in [6.07, 6.45) is 9.25. The molecule has 0 aliphatic rings. The van der Waals surface area contributed by atoms with Gasteiger partial charge in [0.1, 0.15) is 0 Å². The summed E-state index contributed by atoms with van der Waals surface area (Å²) in [5.74, 6) is 0. The molecular formula is C17H40N4OS2. The third-order valence-electron chi connectivity index (χ3n) is 3.16. The summed E-state index contributed by atoms with van der Waals surface area (Å²) in [6, 6.07) is 0. The fraction of sp³-hybridized carbons (Fsp3) is 0.941. The monoisotopic (exact) mass is 380 g/mol. The summed E-state index contributed by atoms with van der Waals surface area (Å²) in [5.41, 5.74) is 0. The van der Waals surface area contributed by atoms with Crippen molar-refractivity contribution < 1.29 is 4.21 Å². The summed E-state index contributed by atoms with van der Waals surface area (Å²) < 4.78 is 16.9. The lowest BCUT2D eigenvalue weighted by Gasteiger charge is -2.08. The molecule has 0 amide bonds. The zero-order chi connectivity index (χ0) is 18.5. The van der Waals surface area contributed by atoms with E-state index in [0.29, 0.717) is 0 Å². The van der Waals surface area contributed by atoms with Gasteiger partial charge in [0.2, 0.25) is 0 Å². The summed E-state index contributed by atoms with van der Waals surface area (Å²) in [7, 11) is 0. The highest BCUT2D eigenvalue weighted by molar-refractivity contribution is 7.81. The van der Waals surface area contributed by atoms with Crippen molar-refractivity contribution >= 4 is 28.5 Å². The van der Waals surface area contributed by atoms with E-state index < -0.39 is 11.2 Å². The molecule has 7 heteroatoms. The van der Waals surface area contributed by atoms with Gasteiger partial charge in [-0.2, -0.15) is 0 Å². The van der Waals surface area contributed by atoms with Crippen LogP contribution in [-0.4, -0.2) is 35.5 Å². The van der Waals surface area contributed by atoms with E-state index in [9.17, 15) is 4.21 Å². The summed E-state index contributed by atoms with van der Waals surface area (Å²) in [4.78, 5) is 0. The van der Waals surface area contributed by atoms with Gasteiger partial charge in [0, 0.05) is 26.2 Å². The van der Waals surface area contributed by atoms with Crippen molar-refractivity contribution in [3.8, 4) is 0 Å². The van der Waals surface area contributed by atoms with Crippen LogP contribution in [0.5, 0.6) is 0 Å². The minimum atomic E-state index is -1.02. The van der Waals surface area contributed by atoms with Gasteiger partial charge in [-0.05, 0) is 37.9 Å². The molecule has 0 spiro atoms. The predicted octanol–water partition coefficient (Wildman–Crippen LogP) is 3.40. The summed E-state index contributed by atoms with van der Waals surface area (Å²) in [6.45, 7) is 12.3. The van der Waals surface area contributed by atoms with Crippen molar-refractivity contribution in [3.63, 3.8) is 0 Å². The fourth-order valence-electron chi connectivity index (χ4n) is 1.55. The Bertz CT molecular complexity index is 240. The van der Waals surface area contributed by atoms with E-state index in [0.717, 1.165) is 57.0 Å². The molecule has 0 heterocycles. The lowest BCUT2D eigenvalue weighted by Crippen LogP contribution is -2.36. The normalized spacial score (nSPS) is 10.2. The van der Waals surface area contributed by atoms with Gasteiger partial charge in [0.05, 0.1) is 0 Å². The molecule has 0 saturated heterocycles. The maximum absolute atomic E-state index is 11.1. The molecule has 0 atom stereocenters. The highest BCUT2D eigenvalue weighted by Crippen LogP contribution is 1.85. The van der Waals surface area contributed by atoms with Gasteiger partial charge in [-0.25, -0.2) is 13.7 Å². The Hall–Kier alpha value is -0.240. The molecule has 0 fully saturated rings. The minimum absolute atomic E-state index is 0.803. The Morgan fingerprint density at radius 1 is 0.708 bits per heavy atom. The van der Waals surface area contributed by atoms with Gasteiger partial charge in [0.25, 0.3) is 0 Å². The molecule has 0 aromatic heterocycles. The lowest BCUT2D eigenvalue weighted by atomic mass is 10.3. The first-order chi connectivity index (χ1) is 11.6. The van der Waals surface area contributed by atoms with Crippen molar-refractivity contribution in [2.75, 3.05) is 26.2 Å². The number of rotatable bonds is 14. The van der Waals surface area contributed by atoms with Crippen molar-refractivity contribution in [1.29, 1.82) is 0 Å². The number of unbranched alkanes of at least 4 members (excludes halogenated alkanes) is 4. The van der Waals surface area contributed by atoms with Crippen LogP contribution < -0.4 is 20.1 Å². The number of hydrogen-bond donors (Lipinski definition) is 4. The van der Waals surface area contributed by atoms with Gasteiger partial charge in [-0.3, -0.25) is 0 Å². The lowest BCUT2D eigenvalue weighted by molar-refractivity contribution is 0.647. The van der Waals surface area contributed by atoms with Gasteiger partial charge >= 0.3 is 0 Å². The molecule has 5 nitrogen and oxygen atoms in total. The van der Waals surface area contributed by atoms with Crippen molar-refractivity contribution in [2.24, 2.45) is 0 Å². The van der Waals surface area contributed by atoms with Crippen molar-refractivity contribution in [3.05, 3.63) is 0 Å². The van der Waals surface area contributed by atoms with Crippen molar-refractivity contribution in [2.45, 2.75) is 79.1 Å². The van der Waals surface area contributed by atoms with Gasteiger partial charge in [-0.1, -0.05) is 53.4 Å². The van der Waals surface area contributed by atoms with Gasteiger partial charge < -0.3 is 10.6 Å². The summed E-state index contributed by atoms with van der Waals surface area (Å²) in [5, 5.41) is 7.13. The smallest absolute Gasteiger partial charge is 0.167 e. The molecule has 0 aliphatic heterocycles. The summed E-state index contributed by atoms with van der Waals surface area (Å²) >= 11 is 4.04. The predicted molar refractivity (Wildman–Crippen MR) is 112 cm³/mol. The zero-order valence-corrected chi connectivity index (χ0v) is 17.8. The van der Waals surface area contributed by atoms with Crippen LogP contribution in [0, 0.1) is 0 Å². The molecule has 24 heavy (non-hydrogen) atoms. The first-order valence-electron chi connectivity index (χ1n) is 9.52. The highest BCUT2D eigenvalue weighted by atomic mass is 32.2.